The standard InChI is InChI=1S/C19H28O2/c1-18-9-7-13(20)11-12(18)3-4-14-15-5-6-17(21)19(15,2)10-8-16(14)18/h11,14-17,21H,3-10H2,1-2H3/t14?,15?,16?,17-,18?,19?/m0/s1. The van der Waals surface area contributed by atoms with Crippen molar-refractivity contribution in [2.45, 2.75) is 71.3 Å². The van der Waals surface area contributed by atoms with Crippen molar-refractivity contribution in [2.24, 2.45) is 28.6 Å². The number of fused-ring (bicyclic) bond motifs is 5. The van der Waals surface area contributed by atoms with Gasteiger partial charge in [0.1, 0.15) is 0 Å². The Morgan fingerprint density at radius 2 is 1.86 bits per heavy atom. The lowest BCUT2D eigenvalue weighted by molar-refractivity contribution is -0.118. The van der Waals surface area contributed by atoms with Gasteiger partial charge in [0.15, 0.2) is 5.78 Å². The monoisotopic (exact) mass is 288 g/mol. The summed E-state index contributed by atoms with van der Waals surface area (Å²) in [6, 6.07) is 0. The van der Waals surface area contributed by atoms with Crippen molar-refractivity contribution in [3.63, 3.8) is 0 Å². The first-order valence-corrected chi connectivity index (χ1v) is 8.87. The highest BCUT2D eigenvalue weighted by Crippen LogP contribution is 2.65. The molecule has 0 aromatic rings. The van der Waals surface area contributed by atoms with Crippen LogP contribution in [0.2, 0.25) is 0 Å². The first kappa shape index (κ1) is 14.0. The van der Waals surface area contributed by atoms with Gasteiger partial charge in [-0.3, -0.25) is 4.79 Å². The molecule has 6 atom stereocenters. The van der Waals surface area contributed by atoms with Gasteiger partial charge in [0, 0.05) is 6.42 Å². The second kappa shape index (κ2) is 4.44. The van der Waals surface area contributed by atoms with E-state index < -0.39 is 0 Å². The number of carbonyl (C=O) groups is 1. The van der Waals surface area contributed by atoms with Crippen LogP contribution in [-0.4, -0.2) is 17.0 Å². The Kier molecular flexibility index (Phi) is 2.96. The molecule has 0 amide bonds. The fraction of sp³-hybridized carbons (Fsp3) is 0.842. The zero-order valence-corrected chi connectivity index (χ0v) is 13.4. The SMILES string of the molecule is CC12CCC(=O)C=C1CCC1C2CCC2(C)C1CC[C@@H]2O. The zero-order valence-electron chi connectivity index (χ0n) is 13.4. The summed E-state index contributed by atoms with van der Waals surface area (Å²) in [7, 11) is 0. The van der Waals surface area contributed by atoms with Gasteiger partial charge in [0.05, 0.1) is 6.10 Å². The van der Waals surface area contributed by atoms with E-state index in [1.807, 2.05) is 6.08 Å². The lowest BCUT2D eigenvalue weighted by Gasteiger charge is -2.57. The molecule has 21 heavy (non-hydrogen) atoms. The topological polar surface area (TPSA) is 37.3 Å². The number of allylic oxidation sites excluding steroid dienone is 1. The summed E-state index contributed by atoms with van der Waals surface area (Å²) in [6.07, 6.45) is 10.7. The third-order valence-corrected chi connectivity index (χ3v) is 7.91. The molecule has 0 saturated heterocycles. The molecular weight excluding hydrogens is 260 g/mol. The lowest BCUT2D eigenvalue weighted by atomic mass is 9.47. The van der Waals surface area contributed by atoms with E-state index in [-0.39, 0.29) is 16.9 Å². The van der Waals surface area contributed by atoms with E-state index in [0.717, 1.165) is 37.5 Å². The molecule has 0 radical (unpaired) electrons. The maximum Gasteiger partial charge on any atom is 0.155 e. The van der Waals surface area contributed by atoms with Crippen LogP contribution in [0.25, 0.3) is 0 Å². The van der Waals surface area contributed by atoms with Crippen LogP contribution in [0.1, 0.15) is 65.2 Å². The summed E-state index contributed by atoms with van der Waals surface area (Å²) in [6.45, 7) is 4.76. The summed E-state index contributed by atoms with van der Waals surface area (Å²) in [5, 5.41) is 10.4. The van der Waals surface area contributed by atoms with Gasteiger partial charge >= 0.3 is 0 Å². The Morgan fingerprint density at radius 1 is 1.05 bits per heavy atom. The van der Waals surface area contributed by atoms with Gasteiger partial charge in [-0.05, 0) is 79.6 Å². The summed E-state index contributed by atoms with van der Waals surface area (Å²) >= 11 is 0. The van der Waals surface area contributed by atoms with Crippen molar-refractivity contribution in [3.8, 4) is 0 Å². The molecule has 4 rings (SSSR count). The minimum absolute atomic E-state index is 0.0823. The van der Waals surface area contributed by atoms with Crippen molar-refractivity contribution >= 4 is 5.78 Å². The van der Waals surface area contributed by atoms with Crippen molar-refractivity contribution in [2.75, 3.05) is 0 Å². The molecule has 4 aliphatic carbocycles. The highest BCUT2D eigenvalue weighted by molar-refractivity contribution is 5.91. The summed E-state index contributed by atoms with van der Waals surface area (Å²) in [4.78, 5) is 11.8. The smallest absolute Gasteiger partial charge is 0.155 e. The molecule has 0 spiro atoms. The van der Waals surface area contributed by atoms with Gasteiger partial charge in [-0.25, -0.2) is 0 Å². The van der Waals surface area contributed by atoms with Crippen LogP contribution in [0.15, 0.2) is 11.6 Å². The second-order valence-electron chi connectivity index (χ2n) is 8.61. The number of ketones is 1. The van der Waals surface area contributed by atoms with E-state index in [9.17, 15) is 9.90 Å². The predicted octanol–water partition coefficient (Wildman–Crippen LogP) is 3.88. The van der Waals surface area contributed by atoms with E-state index in [1.165, 1.54) is 31.3 Å². The molecule has 5 unspecified atom stereocenters. The fourth-order valence-corrected chi connectivity index (χ4v) is 6.53. The number of rotatable bonds is 0. The minimum atomic E-state index is -0.0823. The van der Waals surface area contributed by atoms with Gasteiger partial charge in [0.25, 0.3) is 0 Å². The predicted molar refractivity (Wildman–Crippen MR) is 82.7 cm³/mol. The number of carbonyl (C=O) groups excluding carboxylic acids is 1. The van der Waals surface area contributed by atoms with Crippen LogP contribution >= 0.6 is 0 Å². The first-order chi connectivity index (χ1) is 9.95. The molecular formula is C19H28O2. The highest BCUT2D eigenvalue weighted by atomic mass is 16.3. The quantitative estimate of drug-likeness (QED) is 0.734. The second-order valence-corrected chi connectivity index (χ2v) is 8.61. The van der Waals surface area contributed by atoms with Crippen molar-refractivity contribution in [3.05, 3.63) is 11.6 Å². The Bertz CT molecular complexity index is 508. The maximum atomic E-state index is 11.8. The minimum Gasteiger partial charge on any atom is -0.393 e. The van der Waals surface area contributed by atoms with Gasteiger partial charge in [0.2, 0.25) is 0 Å². The van der Waals surface area contributed by atoms with Gasteiger partial charge in [-0.2, -0.15) is 0 Å². The third-order valence-electron chi connectivity index (χ3n) is 7.91. The molecule has 116 valence electrons. The van der Waals surface area contributed by atoms with Crippen LogP contribution in [0.3, 0.4) is 0 Å². The van der Waals surface area contributed by atoms with Crippen molar-refractivity contribution in [1.82, 2.24) is 0 Å². The Hall–Kier alpha value is -0.630. The number of aliphatic hydroxyl groups excluding tert-OH is 1. The molecule has 0 aromatic carbocycles. The van der Waals surface area contributed by atoms with Crippen LogP contribution in [0.5, 0.6) is 0 Å². The maximum absolute atomic E-state index is 11.8. The third kappa shape index (κ3) is 1.78. The summed E-state index contributed by atoms with van der Waals surface area (Å²) < 4.78 is 0. The van der Waals surface area contributed by atoms with Crippen LogP contribution in [0, 0.1) is 28.6 Å². The molecule has 0 heterocycles. The molecule has 0 aliphatic heterocycles. The Balaban J connectivity index is 1.69. The van der Waals surface area contributed by atoms with E-state index in [4.69, 9.17) is 0 Å². The number of aliphatic hydroxyl groups is 1. The largest absolute Gasteiger partial charge is 0.393 e. The number of hydrogen-bond donors (Lipinski definition) is 1. The molecule has 2 nitrogen and oxygen atoms in total. The Morgan fingerprint density at radius 3 is 2.67 bits per heavy atom. The molecule has 3 saturated carbocycles. The van der Waals surface area contributed by atoms with Crippen LogP contribution in [-0.2, 0) is 4.79 Å². The molecule has 3 fully saturated rings. The van der Waals surface area contributed by atoms with E-state index in [0.29, 0.717) is 11.7 Å². The fourth-order valence-electron chi connectivity index (χ4n) is 6.53. The normalized spacial score (nSPS) is 52.7. The Labute approximate surface area is 128 Å². The van der Waals surface area contributed by atoms with E-state index >= 15 is 0 Å². The van der Waals surface area contributed by atoms with E-state index in [2.05, 4.69) is 13.8 Å². The molecule has 0 aromatic heterocycles. The molecule has 0 bridgehead atoms. The highest BCUT2D eigenvalue weighted by Gasteiger charge is 2.58. The summed E-state index contributed by atoms with van der Waals surface area (Å²) in [5.41, 5.74) is 1.89. The average Bonchev–Trinajstić information content (AvgIpc) is 2.76. The number of hydrogen-bond acceptors (Lipinski definition) is 2. The van der Waals surface area contributed by atoms with Gasteiger partial charge in [-0.1, -0.05) is 19.4 Å². The van der Waals surface area contributed by atoms with Gasteiger partial charge < -0.3 is 5.11 Å². The van der Waals surface area contributed by atoms with Crippen LogP contribution in [0.4, 0.5) is 0 Å². The summed E-state index contributed by atoms with van der Waals surface area (Å²) in [5.74, 6) is 2.57. The van der Waals surface area contributed by atoms with Gasteiger partial charge in [-0.15, -0.1) is 0 Å². The molecule has 1 N–H and O–H groups in total. The van der Waals surface area contributed by atoms with E-state index in [1.54, 1.807) is 0 Å². The zero-order chi connectivity index (χ0) is 14.8. The average molecular weight is 288 g/mol. The molecule has 2 heteroatoms. The first-order valence-electron chi connectivity index (χ1n) is 8.87. The van der Waals surface area contributed by atoms with Crippen LogP contribution < -0.4 is 0 Å². The van der Waals surface area contributed by atoms with Crippen molar-refractivity contribution < 1.29 is 9.90 Å². The lowest BCUT2D eigenvalue weighted by Crippen LogP contribution is -2.51. The molecule has 4 aliphatic rings. The van der Waals surface area contributed by atoms with Crippen molar-refractivity contribution in [1.29, 1.82) is 0 Å².